The molecule has 11 nitrogen and oxygen atoms in total. The second-order valence-electron chi connectivity index (χ2n) is 12.1. The number of fused-ring (bicyclic) bond motifs is 2. The van der Waals surface area contributed by atoms with Crippen molar-refractivity contribution in [3.05, 3.63) is 81.9 Å². The maximum absolute atomic E-state index is 13.3. The molecule has 0 radical (unpaired) electrons. The second kappa shape index (κ2) is 12.0. The first-order valence-electron chi connectivity index (χ1n) is 14.1. The van der Waals surface area contributed by atoms with Crippen molar-refractivity contribution in [2.24, 2.45) is 0 Å². The van der Waals surface area contributed by atoms with Crippen LogP contribution in [-0.4, -0.2) is 76.7 Å². The van der Waals surface area contributed by atoms with E-state index in [0.29, 0.717) is 49.3 Å². The summed E-state index contributed by atoms with van der Waals surface area (Å²) in [4.78, 5) is 45.9. The zero-order chi connectivity index (χ0) is 30.9. The van der Waals surface area contributed by atoms with Crippen LogP contribution in [0.2, 0.25) is 5.15 Å². The maximum atomic E-state index is 13.3. The average molecular weight is 609 g/mol. The van der Waals surface area contributed by atoms with Crippen LogP contribution in [0.15, 0.2) is 48.5 Å². The molecule has 43 heavy (non-hydrogen) atoms. The van der Waals surface area contributed by atoms with Crippen LogP contribution in [0.4, 0.5) is 10.5 Å². The van der Waals surface area contributed by atoms with Crippen molar-refractivity contribution >= 4 is 35.2 Å². The molecule has 0 unspecified atom stereocenters. The first-order valence-corrected chi connectivity index (χ1v) is 14.5. The first kappa shape index (κ1) is 30.5. The molecule has 2 aliphatic heterocycles. The van der Waals surface area contributed by atoms with E-state index in [9.17, 15) is 14.4 Å². The molecular formula is C31H37ClN6O5. The maximum Gasteiger partial charge on any atom is 0.412 e. The standard InChI is InChI=1S/C31H37ClN6O5/c1-30(2,3)43-29(41)34-23-12-8-20(9-13-23)16-33-27(39)26-35-25(32)24-31(18-42-19-31)37(14-15-38(24)26)17-21-6-10-22(11-7-21)28(40)36(4)5/h6-13H,14-19H2,1-5H3,(H,33,39)(H,34,41). The average Bonchev–Trinajstić information content (AvgIpc) is 3.27. The Morgan fingerprint density at radius 2 is 1.67 bits per heavy atom. The number of ether oxygens (including phenoxy) is 2. The van der Waals surface area contributed by atoms with Gasteiger partial charge in [-0.25, -0.2) is 9.78 Å². The number of anilines is 1. The highest BCUT2D eigenvalue weighted by molar-refractivity contribution is 6.30. The van der Waals surface area contributed by atoms with Gasteiger partial charge in [0.1, 0.15) is 11.1 Å². The molecule has 2 aromatic carbocycles. The number of carbonyl (C=O) groups excluding carboxylic acids is 3. The summed E-state index contributed by atoms with van der Waals surface area (Å²) < 4.78 is 12.9. The van der Waals surface area contributed by atoms with Gasteiger partial charge in [0.25, 0.3) is 11.8 Å². The van der Waals surface area contributed by atoms with Gasteiger partial charge in [-0.05, 0) is 56.2 Å². The Labute approximate surface area is 256 Å². The van der Waals surface area contributed by atoms with Crippen molar-refractivity contribution in [1.82, 2.24) is 24.7 Å². The van der Waals surface area contributed by atoms with Gasteiger partial charge >= 0.3 is 6.09 Å². The van der Waals surface area contributed by atoms with E-state index in [1.54, 1.807) is 51.9 Å². The number of imidazole rings is 1. The third-order valence-electron chi connectivity index (χ3n) is 7.48. The predicted octanol–water partition coefficient (Wildman–Crippen LogP) is 4.26. The molecule has 1 fully saturated rings. The molecule has 3 aromatic rings. The van der Waals surface area contributed by atoms with Gasteiger partial charge in [0.05, 0.1) is 18.9 Å². The lowest BCUT2D eigenvalue weighted by Gasteiger charge is -2.52. The van der Waals surface area contributed by atoms with Gasteiger partial charge in [0.15, 0.2) is 5.15 Å². The summed E-state index contributed by atoms with van der Waals surface area (Å²) in [6, 6.07) is 14.8. The number of rotatable bonds is 7. The van der Waals surface area contributed by atoms with Crippen LogP contribution in [0.5, 0.6) is 0 Å². The van der Waals surface area contributed by atoms with E-state index in [1.165, 1.54) is 0 Å². The SMILES string of the molecule is CN(C)C(=O)c1ccc(CN2CCn3c(C(=O)NCc4ccc(NC(=O)OC(C)(C)C)cc4)nc(Cl)c3C23COC3)cc1. The molecule has 1 saturated heterocycles. The normalized spacial score (nSPS) is 15.8. The number of carbonyl (C=O) groups is 3. The Kier molecular flexibility index (Phi) is 8.51. The van der Waals surface area contributed by atoms with E-state index < -0.39 is 17.2 Å². The molecule has 3 amide bonds. The molecule has 0 aliphatic carbocycles. The molecule has 0 bridgehead atoms. The number of amides is 3. The number of hydrogen-bond donors (Lipinski definition) is 2. The van der Waals surface area contributed by atoms with Crippen molar-refractivity contribution in [3.63, 3.8) is 0 Å². The van der Waals surface area contributed by atoms with Crippen LogP contribution < -0.4 is 10.6 Å². The van der Waals surface area contributed by atoms with Crippen LogP contribution in [0.25, 0.3) is 0 Å². The van der Waals surface area contributed by atoms with Crippen molar-refractivity contribution in [3.8, 4) is 0 Å². The van der Waals surface area contributed by atoms with Gasteiger partial charge in [0.2, 0.25) is 5.82 Å². The Bertz CT molecular complexity index is 1510. The highest BCUT2D eigenvalue weighted by Gasteiger charge is 2.52. The highest BCUT2D eigenvalue weighted by atomic mass is 35.5. The largest absolute Gasteiger partial charge is 0.444 e. The molecule has 5 rings (SSSR count). The van der Waals surface area contributed by atoms with Gasteiger partial charge in [-0.1, -0.05) is 35.9 Å². The van der Waals surface area contributed by atoms with Gasteiger partial charge in [-0.15, -0.1) is 0 Å². The Morgan fingerprint density at radius 1 is 1.02 bits per heavy atom. The number of benzene rings is 2. The van der Waals surface area contributed by atoms with E-state index in [2.05, 4.69) is 20.5 Å². The lowest BCUT2D eigenvalue weighted by molar-refractivity contribution is -0.162. The van der Waals surface area contributed by atoms with Crippen molar-refractivity contribution in [2.45, 2.75) is 51.5 Å². The van der Waals surface area contributed by atoms with Gasteiger partial charge in [-0.3, -0.25) is 19.8 Å². The van der Waals surface area contributed by atoms with Gasteiger partial charge < -0.3 is 24.3 Å². The smallest absolute Gasteiger partial charge is 0.412 e. The zero-order valence-corrected chi connectivity index (χ0v) is 25.8. The molecule has 3 heterocycles. The number of aromatic nitrogens is 2. The van der Waals surface area contributed by atoms with Crippen LogP contribution in [0.3, 0.4) is 0 Å². The van der Waals surface area contributed by atoms with Crippen LogP contribution in [0, 0.1) is 0 Å². The van der Waals surface area contributed by atoms with E-state index >= 15 is 0 Å². The lowest BCUT2D eigenvalue weighted by atomic mass is 9.88. The van der Waals surface area contributed by atoms with Crippen molar-refractivity contribution in [2.75, 3.05) is 39.2 Å². The number of nitrogens with one attached hydrogen (secondary N) is 2. The topological polar surface area (TPSA) is 118 Å². The zero-order valence-electron chi connectivity index (χ0n) is 25.1. The highest BCUT2D eigenvalue weighted by Crippen LogP contribution is 2.43. The molecule has 2 N–H and O–H groups in total. The molecule has 0 saturated carbocycles. The second-order valence-corrected chi connectivity index (χ2v) is 12.4. The summed E-state index contributed by atoms with van der Waals surface area (Å²) in [5.74, 6) is -0.100. The number of nitrogens with zero attached hydrogens (tertiary/aromatic N) is 4. The molecule has 0 atom stereocenters. The fourth-order valence-electron chi connectivity index (χ4n) is 5.31. The van der Waals surface area contributed by atoms with E-state index in [-0.39, 0.29) is 24.2 Å². The van der Waals surface area contributed by atoms with E-state index in [1.807, 2.05) is 41.0 Å². The Morgan fingerprint density at radius 3 is 2.26 bits per heavy atom. The third kappa shape index (κ3) is 6.53. The van der Waals surface area contributed by atoms with E-state index in [4.69, 9.17) is 21.1 Å². The Hall–Kier alpha value is -3.93. The molecular weight excluding hydrogens is 572 g/mol. The minimum atomic E-state index is -0.590. The number of halogens is 1. The van der Waals surface area contributed by atoms with Gasteiger partial charge in [-0.2, -0.15) is 0 Å². The summed E-state index contributed by atoms with van der Waals surface area (Å²) in [5.41, 5.74) is 2.86. The Balaban J connectivity index is 1.25. The lowest BCUT2D eigenvalue weighted by Crippen LogP contribution is -2.63. The van der Waals surface area contributed by atoms with Crippen LogP contribution >= 0.6 is 11.6 Å². The molecule has 1 aromatic heterocycles. The minimum Gasteiger partial charge on any atom is -0.444 e. The predicted molar refractivity (Wildman–Crippen MR) is 162 cm³/mol. The van der Waals surface area contributed by atoms with Crippen molar-refractivity contribution < 1.29 is 23.9 Å². The monoisotopic (exact) mass is 608 g/mol. The van der Waals surface area contributed by atoms with E-state index in [0.717, 1.165) is 16.8 Å². The quantitative estimate of drug-likeness (QED) is 0.412. The van der Waals surface area contributed by atoms with Crippen LogP contribution in [-0.2, 0) is 34.6 Å². The summed E-state index contributed by atoms with van der Waals surface area (Å²) >= 11 is 6.69. The van der Waals surface area contributed by atoms with Crippen molar-refractivity contribution in [1.29, 1.82) is 0 Å². The summed E-state index contributed by atoms with van der Waals surface area (Å²) in [6.45, 7) is 8.43. The number of hydrogen-bond acceptors (Lipinski definition) is 7. The first-order chi connectivity index (χ1) is 20.4. The summed E-state index contributed by atoms with van der Waals surface area (Å²) in [5, 5.41) is 5.93. The fraction of sp³-hybridized carbons (Fsp3) is 0.419. The summed E-state index contributed by atoms with van der Waals surface area (Å²) in [6.07, 6.45) is -0.530. The molecule has 2 aliphatic rings. The molecule has 228 valence electrons. The molecule has 1 spiro atoms. The minimum absolute atomic E-state index is 0.0397. The van der Waals surface area contributed by atoms with Crippen LogP contribution in [0.1, 0.15) is 58.6 Å². The molecule has 12 heteroatoms. The summed E-state index contributed by atoms with van der Waals surface area (Å²) in [7, 11) is 3.47. The fourth-order valence-corrected chi connectivity index (χ4v) is 5.67. The van der Waals surface area contributed by atoms with Gasteiger partial charge in [0, 0.05) is 51.5 Å². The third-order valence-corrected chi connectivity index (χ3v) is 7.75.